The van der Waals surface area contributed by atoms with E-state index in [1.54, 1.807) is 77.1 Å². The fraction of sp³-hybridized carbons (Fsp3) is 0.296. The van der Waals surface area contributed by atoms with Gasteiger partial charge in [0, 0.05) is 43.5 Å². The van der Waals surface area contributed by atoms with Crippen molar-refractivity contribution in [2.75, 3.05) is 20.1 Å². The minimum absolute atomic E-state index is 0.187. The number of hydrogen-bond donors (Lipinski definition) is 2. The summed E-state index contributed by atoms with van der Waals surface area (Å²) in [6, 6.07) is 7.02. The van der Waals surface area contributed by atoms with E-state index in [0.29, 0.717) is 63.4 Å². The zero-order chi connectivity index (χ0) is 27.3. The number of ether oxygens (including phenoxy) is 1. The van der Waals surface area contributed by atoms with Gasteiger partial charge in [-0.05, 0) is 38.0 Å². The average Bonchev–Trinajstić information content (AvgIpc) is 3.70. The van der Waals surface area contributed by atoms with Gasteiger partial charge in [0.1, 0.15) is 28.2 Å². The van der Waals surface area contributed by atoms with Crippen LogP contribution in [0.25, 0.3) is 16.5 Å². The number of likely N-dealkylation sites (tertiary alicyclic amines) is 1. The SMILES string of the molecule is CNC(=O)c1c(C)oc2cc(Oc3ccnn4cc(C(=O)N5CC[C@](O)(Cn6ccnn6)C5)c(C)c34)ccc12. The second-order valence-corrected chi connectivity index (χ2v) is 9.83. The van der Waals surface area contributed by atoms with Crippen molar-refractivity contribution < 1.29 is 23.8 Å². The van der Waals surface area contributed by atoms with E-state index in [-0.39, 0.29) is 24.9 Å². The Hall–Kier alpha value is -4.71. The molecule has 0 saturated carbocycles. The topological polar surface area (TPSA) is 140 Å². The standard InChI is InChI=1S/C27H27N7O5/c1-16-20(26(36)32-10-7-27(37,14-32)15-33-11-9-29-31-33)13-34-24(16)21(6-8-30-34)39-18-4-5-19-22(12-18)38-17(2)23(19)25(35)28-3/h4-6,8-9,11-13,37H,7,10,14-15H2,1-3H3,(H,28,35)/t27-/m1/s1. The first kappa shape index (κ1) is 24.6. The van der Waals surface area contributed by atoms with E-state index in [2.05, 4.69) is 20.7 Å². The van der Waals surface area contributed by atoms with Crippen LogP contribution in [-0.2, 0) is 6.54 Å². The number of aromatic nitrogens is 5. The molecule has 0 radical (unpaired) electrons. The molecule has 1 aliphatic rings. The number of nitrogens with one attached hydrogen (secondary N) is 1. The first-order chi connectivity index (χ1) is 18.8. The number of carbonyl (C=O) groups excluding carboxylic acids is 2. The summed E-state index contributed by atoms with van der Waals surface area (Å²) in [6.45, 7) is 4.47. The lowest BCUT2D eigenvalue weighted by atomic mass is 10.0. The maximum Gasteiger partial charge on any atom is 0.255 e. The quantitative estimate of drug-likeness (QED) is 0.342. The molecule has 0 unspecified atom stereocenters. The maximum atomic E-state index is 13.5. The van der Waals surface area contributed by atoms with Crippen LogP contribution in [0.3, 0.4) is 0 Å². The number of fused-ring (bicyclic) bond motifs is 2. The molecule has 1 atom stereocenters. The van der Waals surface area contributed by atoms with Crippen LogP contribution < -0.4 is 10.1 Å². The third-order valence-electron chi connectivity index (χ3n) is 7.19. The maximum absolute atomic E-state index is 13.5. The number of β-amino-alcohol motifs (C(OH)–C–C–N with tert-alkyl or cyclic N) is 1. The summed E-state index contributed by atoms with van der Waals surface area (Å²) in [4.78, 5) is 27.4. The summed E-state index contributed by atoms with van der Waals surface area (Å²) < 4.78 is 15.2. The van der Waals surface area contributed by atoms with Gasteiger partial charge >= 0.3 is 0 Å². The van der Waals surface area contributed by atoms with Crippen molar-refractivity contribution >= 4 is 28.3 Å². The van der Waals surface area contributed by atoms with Crippen molar-refractivity contribution in [3.8, 4) is 11.5 Å². The van der Waals surface area contributed by atoms with Crippen molar-refractivity contribution in [3.63, 3.8) is 0 Å². The second-order valence-electron chi connectivity index (χ2n) is 9.83. The minimum Gasteiger partial charge on any atom is -0.460 e. The highest BCUT2D eigenvalue weighted by molar-refractivity contribution is 6.07. The molecule has 5 aromatic rings. The molecule has 1 aromatic carbocycles. The van der Waals surface area contributed by atoms with E-state index in [1.807, 2.05) is 6.92 Å². The van der Waals surface area contributed by atoms with Crippen LogP contribution in [0.4, 0.5) is 0 Å². The summed E-state index contributed by atoms with van der Waals surface area (Å²) in [5.74, 6) is 1.14. The lowest BCUT2D eigenvalue weighted by Crippen LogP contribution is -2.39. The zero-order valence-corrected chi connectivity index (χ0v) is 21.7. The lowest BCUT2D eigenvalue weighted by Gasteiger charge is -2.23. The molecule has 12 nitrogen and oxygen atoms in total. The molecule has 4 aromatic heterocycles. The van der Waals surface area contributed by atoms with Crippen LogP contribution >= 0.6 is 0 Å². The fourth-order valence-electron chi connectivity index (χ4n) is 5.27. The summed E-state index contributed by atoms with van der Waals surface area (Å²) in [6.07, 6.45) is 6.96. The van der Waals surface area contributed by atoms with Crippen LogP contribution in [-0.4, -0.2) is 72.2 Å². The van der Waals surface area contributed by atoms with E-state index < -0.39 is 5.60 Å². The van der Waals surface area contributed by atoms with Crippen LogP contribution in [0.1, 0.15) is 38.5 Å². The highest BCUT2D eigenvalue weighted by Gasteiger charge is 2.39. The Bertz CT molecular complexity index is 1720. The number of aryl methyl sites for hydroxylation is 2. The van der Waals surface area contributed by atoms with Gasteiger partial charge in [-0.25, -0.2) is 9.20 Å². The highest BCUT2D eigenvalue weighted by atomic mass is 16.5. The molecule has 0 aliphatic carbocycles. The first-order valence-electron chi connectivity index (χ1n) is 12.5. The number of amides is 2. The third-order valence-corrected chi connectivity index (χ3v) is 7.19. The molecule has 2 N–H and O–H groups in total. The van der Waals surface area contributed by atoms with Crippen molar-refractivity contribution in [3.05, 3.63) is 71.5 Å². The van der Waals surface area contributed by atoms with Gasteiger partial charge in [-0.1, -0.05) is 5.21 Å². The lowest BCUT2D eigenvalue weighted by molar-refractivity contribution is 0.0266. The Morgan fingerprint density at radius 1 is 1.23 bits per heavy atom. The van der Waals surface area contributed by atoms with Gasteiger partial charge in [0.15, 0.2) is 5.75 Å². The van der Waals surface area contributed by atoms with E-state index in [1.165, 1.54) is 0 Å². The molecule has 39 heavy (non-hydrogen) atoms. The normalized spacial score (nSPS) is 17.3. The molecule has 1 saturated heterocycles. The Labute approximate surface area is 222 Å². The third kappa shape index (κ3) is 4.28. The van der Waals surface area contributed by atoms with Crippen LogP contribution in [0.5, 0.6) is 11.5 Å². The van der Waals surface area contributed by atoms with Gasteiger partial charge in [-0.15, -0.1) is 5.10 Å². The number of furan rings is 1. The molecule has 200 valence electrons. The molecule has 0 bridgehead atoms. The molecule has 12 heteroatoms. The van der Waals surface area contributed by atoms with Crippen molar-refractivity contribution in [2.24, 2.45) is 0 Å². The fourth-order valence-corrected chi connectivity index (χ4v) is 5.27. The highest BCUT2D eigenvalue weighted by Crippen LogP contribution is 2.35. The van der Waals surface area contributed by atoms with Gasteiger partial charge in [-0.2, -0.15) is 5.10 Å². The van der Waals surface area contributed by atoms with Gasteiger partial charge < -0.3 is 24.5 Å². The van der Waals surface area contributed by atoms with E-state index >= 15 is 0 Å². The Morgan fingerprint density at radius 2 is 2.08 bits per heavy atom. The number of aliphatic hydroxyl groups is 1. The summed E-state index contributed by atoms with van der Waals surface area (Å²) in [5, 5.41) is 26.5. The number of carbonyl (C=O) groups is 2. The van der Waals surface area contributed by atoms with Gasteiger partial charge in [0.2, 0.25) is 0 Å². The van der Waals surface area contributed by atoms with Crippen LogP contribution in [0.2, 0.25) is 0 Å². The molecule has 2 amide bonds. The minimum atomic E-state index is -1.08. The van der Waals surface area contributed by atoms with E-state index in [0.717, 1.165) is 0 Å². The van der Waals surface area contributed by atoms with Crippen LogP contribution in [0.15, 0.2) is 53.5 Å². The van der Waals surface area contributed by atoms with Crippen molar-refractivity contribution in [1.29, 1.82) is 0 Å². The molecule has 5 heterocycles. The predicted molar refractivity (Wildman–Crippen MR) is 140 cm³/mol. The van der Waals surface area contributed by atoms with E-state index in [4.69, 9.17) is 9.15 Å². The monoisotopic (exact) mass is 529 g/mol. The molecule has 6 rings (SSSR count). The molecular formula is C27H27N7O5. The second kappa shape index (κ2) is 9.24. The summed E-state index contributed by atoms with van der Waals surface area (Å²) in [5.41, 5.74) is 1.79. The number of nitrogens with zero attached hydrogens (tertiary/aromatic N) is 6. The number of hydrogen-bond acceptors (Lipinski definition) is 8. The predicted octanol–water partition coefficient (Wildman–Crippen LogP) is 2.72. The zero-order valence-electron chi connectivity index (χ0n) is 21.7. The largest absolute Gasteiger partial charge is 0.460 e. The van der Waals surface area contributed by atoms with Crippen molar-refractivity contribution in [2.45, 2.75) is 32.4 Å². The summed E-state index contributed by atoms with van der Waals surface area (Å²) >= 11 is 0. The summed E-state index contributed by atoms with van der Waals surface area (Å²) in [7, 11) is 1.58. The Kier molecular flexibility index (Phi) is 5.83. The molecular weight excluding hydrogens is 502 g/mol. The van der Waals surface area contributed by atoms with Gasteiger partial charge in [0.05, 0.1) is 36.6 Å². The smallest absolute Gasteiger partial charge is 0.255 e. The molecule has 1 fully saturated rings. The van der Waals surface area contributed by atoms with Gasteiger partial charge in [-0.3, -0.25) is 9.59 Å². The molecule has 0 spiro atoms. The Morgan fingerprint density at radius 3 is 2.85 bits per heavy atom. The van der Waals surface area contributed by atoms with Gasteiger partial charge in [0.25, 0.3) is 11.8 Å². The molecule has 1 aliphatic heterocycles. The number of benzene rings is 1. The number of rotatable bonds is 6. The average molecular weight is 530 g/mol. The van der Waals surface area contributed by atoms with E-state index in [9.17, 15) is 14.7 Å². The van der Waals surface area contributed by atoms with Crippen LogP contribution in [0, 0.1) is 13.8 Å². The Balaban J connectivity index is 1.27. The first-order valence-corrected chi connectivity index (χ1v) is 12.5. The van der Waals surface area contributed by atoms with Crippen molar-refractivity contribution in [1.82, 2.24) is 34.8 Å².